The van der Waals surface area contributed by atoms with E-state index in [1.165, 1.54) is 41.3 Å². The molecule has 43 heavy (non-hydrogen) atoms. The van der Waals surface area contributed by atoms with Crippen molar-refractivity contribution in [3.8, 4) is 0 Å². The van der Waals surface area contributed by atoms with Gasteiger partial charge in [0.25, 0.3) is 5.91 Å². The molecule has 0 aliphatic carbocycles. The van der Waals surface area contributed by atoms with Gasteiger partial charge in [0.15, 0.2) is 33.9 Å². The van der Waals surface area contributed by atoms with E-state index < -0.39 is 53.0 Å². The Morgan fingerprint density at radius 3 is 2.26 bits per heavy atom. The molecule has 1 fully saturated rings. The van der Waals surface area contributed by atoms with Gasteiger partial charge in [0.05, 0.1) is 18.8 Å². The summed E-state index contributed by atoms with van der Waals surface area (Å²) < 4.78 is 82.7. The van der Waals surface area contributed by atoms with Crippen molar-refractivity contribution in [1.29, 1.82) is 0 Å². The molecular weight excluding hydrogens is 613 g/mol. The van der Waals surface area contributed by atoms with Gasteiger partial charge in [-0.25, -0.2) is 22.0 Å². The van der Waals surface area contributed by atoms with E-state index in [4.69, 9.17) is 9.47 Å². The van der Waals surface area contributed by atoms with Crippen LogP contribution < -0.4 is 5.32 Å². The van der Waals surface area contributed by atoms with E-state index in [0.29, 0.717) is 11.3 Å². The summed E-state index contributed by atoms with van der Waals surface area (Å²) in [7, 11) is 0. The third-order valence-electron chi connectivity index (χ3n) is 6.86. The standard InChI is InChI=1S/C29H24F5N3O4S2/c1-13-19(12-42-29-37-36-14(2)43-29)40-28(41-26(13)16-8-6-15(11-38)7-9-16)17-4-3-5-18(10-17)35-27(39)20-21(30)23(32)25(34)24(33)22(20)31/h3-10,13,19,26,28,38H,11-12H2,1-2H3,(H,35,39)/t13-,19+,26+,28+/m0/s1. The van der Waals surface area contributed by atoms with Gasteiger partial charge in [-0.05, 0) is 30.2 Å². The fourth-order valence-corrected chi connectivity index (χ4v) is 6.57. The van der Waals surface area contributed by atoms with Crippen LogP contribution in [0.15, 0.2) is 52.9 Å². The molecule has 0 bridgehead atoms. The van der Waals surface area contributed by atoms with Crippen LogP contribution in [0.1, 0.15) is 51.4 Å². The fraction of sp³-hybridized carbons (Fsp3) is 0.276. The highest BCUT2D eigenvalue weighted by Crippen LogP contribution is 2.43. The number of benzene rings is 3. The molecule has 0 radical (unpaired) electrons. The van der Waals surface area contributed by atoms with Crippen molar-refractivity contribution in [3.63, 3.8) is 0 Å². The first-order valence-corrected chi connectivity index (χ1v) is 14.7. The maximum Gasteiger partial charge on any atom is 0.261 e. The molecule has 226 valence electrons. The predicted octanol–water partition coefficient (Wildman–Crippen LogP) is 6.87. The number of thioether (sulfide) groups is 1. The Morgan fingerprint density at radius 2 is 1.63 bits per heavy atom. The normalized spacial score (nSPS) is 20.3. The van der Waals surface area contributed by atoms with E-state index in [1.54, 1.807) is 18.2 Å². The second kappa shape index (κ2) is 13.1. The van der Waals surface area contributed by atoms with Crippen LogP contribution in [0.2, 0.25) is 0 Å². The van der Waals surface area contributed by atoms with Crippen LogP contribution >= 0.6 is 23.1 Å². The highest BCUT2D eigenvalue weighted by molar-refractivity contribution is 8.01. The number of aliphatic hydroxyl groups is 1. The Hall–Kier alpha value is -3.43. The van der Waals surface area contributed by atoms with Gasteiger partial charge in [-0.1, -0.05) is 66.4 Å². The quantitative estimate of drug-likeness (QED) is 0.0943. The molecule has 0 saturated carbocycles. The monoisotopic (exact) mass is 637 g/mol. The van der Waals surface area contributed by atoms with Crippen molar-refractivity contribution in [2.45, 2.75) is 43.3 Å². The number of hydrogen-bond acceptors (Lipinski definition) is 8. The summed E-state index contributed by atoms with van der Waals surface area (Å²) >= 11 is 2.94. The maximum absolute atomic E-state index is 14.2. The van der Waals surface area contributed by atoms with Gasteiger partial charge >= 0.3 is 0 Å². The molecule has 0 unspecified atom stereocenters. The fourth-order valence-electron chi connectivity index (χ4n) is 4.56. The molecule has 1 saturated heterocycles. The molecule has 1 aliphatic rings. The number of anilines is 1. The Labute approximate surface area is 251 Å². The molecule has 4 atom stereocenters. The highest BCUT2D eigenvalue weighted by Gasteiger charge is 2.39. The van der Waals surface area contributed by atoms with E-state index in [9.17, 15) is 31.9 Å². The minimum absolute atomic E-state index is 0.0105. The van der Waals surface area contributed by atoms with Crippen molar-refractivity contribution >= 4 is 34.7 Å². The molecule has 5 rings (SSSR count). The number of aliphatic hydroxyl groups excluding tert-OH is 1. The van der Waals surface area contributed by atoms with Crippen molar-refractivity contribution in [3.05, 3.63) is 105 Å². The lowest BCUT2D eigenvalue weighted by Crippen LogP contribution is -2.38. The smallest absolute Gasteiger partial charge is 0.261 e. The Morgan fingerprint density at radius 1 is 0.953 bits per heavy atom. The molecule has 7 nitrogen and oxygen atoms in total. The molecule has 4 aromatic rings. The summed E-state index contributed by atoms with van der Waals surface area (Å²) in [6.45, 7) is 3.73. The van der Waals surface area contributed by atoms with E-state index in [-0.39, 0.29) is 24.3 Å². The van der Waals surface area contributed by atoms with Crippen LogP contribution in [0.5, 0.6) is 0 Å². The van der Waals surface area contributed by atoms with Crippen LogP contribution in [-0.2, 0) is 16.1 Å². The number of nitrogens with one attached hydrogen (secondary N) is 1. The first-order valence-electron chi connectivity index (χ1n) is 12.9. The SMILES string of the molecule is Cc1nnc(SC[C@H]2O[C@@H](c3cccc(NC(=O)c4c(F)c(F)c(F)c(F)c4F)c3)O[C@@H](c3ccc(CO)cc3)[C@H]2C)s1. The summed E-state index contributed by atoms with van der Waals surface area (Å²) in [5.41, 5.74) is 0.417. The van der Waals surface area contributed by atoms with Gasteiger partial charge in [-0.15, -0.1) is 10.2 Å². The summed E-state index contributed by atoms with van der Waals surface area (Å²) in [5.74, 6) is -12.4. The summed E-state index contributed by atoms with van der Waals surface area (Å²) in [4.78, 5) is 12.6. The largest absolute Gasteiger partial charge is 0.392 e. The third kappa shape index (κ3) is 6.58. The average molecular weight is 638 g/mol. The van der Waals surface area contributed by atoms with Crippen molar-refractivity contribution < 1.29 is 41.3 Å². The second-order valence-corrected chi connectivity index (χ2v) is 12.2. The summed E-state index contributed by atoms with van der Waals surface area (Å²) in [5, 5.41) is 20.7. The number of rotatable bonds is 8. The number of aromatic nitrogens is 2. The topological polar surface area (TPSA) is 93.6 Å². The molecule has 1 aliphatic heterocycles. The van der Waals surface area contributed by atoms with E-state index in [0.717, 1.165) is 20.5 Å². The highest BCUT2D eigenvalue weighted by atomic mass is 32.2. The summed E-state index contributed by atoms with van der Waals surface area (Å²) in [6, 6.07) is 13.3. The van der Waals surface area contributed by atoms with Gasteiger partial charge in [0, 0.05) is 22.9 Å². The number of carbonyl (C=O) groups is 1. The predicted molar refractivity (Wildman–Crippen MR) is 149 cm³/mol. The molecule has 3 aromatic carbocycles. The minimum atomic E-state index is -2.36. The number of ether oxygens (including phenoxy) is 2. The zero-order valence-electron chi connectivity index (χ0n) is 22.6. The van der Waals surface area contributed by atoms with Crippen molar-refractivity contribution in [2.75, 3.05) is 11.1 Å². The second-order valence-electron chi connectivity index (χ2n) is 9.74. The Kier molecular flexibility index (Phi) is 9.42. The third-order valence-corrected chi connectivity index (χ3v) is 8.92. The Bertz CT molecular complexity index is 1610. The van der Waals surface area contributed by atoms with E-state index >= 15 is 0 Å². The molecule has 1 aromatic heterocycles. The number of aryl methyl sites for hydroxylation is 1. The lowest BCUT2D eigenvalue weighted by molar-refractivity contribution is -0.268. The molecule has 0 spiro atoms. The van der Waals surface area contributed by atoms with Gasteiger partial charge in [-0.3, -0.25) is 4.79 Å². The maximum atomic E-state index is 14.2. The van der Waals surface area contributed by atoms with E-state index in [1.807, 2.05) is 26.0 Å². The number of hydrogen-bond donors (Lipinski definition) is 2. The average Bonchev–Trinajstić information content (AvgIpc) is 3.43. The first kappa shape index (κ1) is 31.0. The zero-order chi connectivity index (χ0) is 30.8. The van der Waals surface area contributed by atoms with Crippen molar-refractivity contribution in [2.24, 2.45) is 5.92 Å². The van der Waals surface area contributed by atoms with Gasteiger partial charge in [-0.2, -0.15) is 0 Å². The number of halogens is 5. The number of carbonyl (C=O) groups excluding carboxylic acids is 1. The molecular formula is C29H24F5N3O4S2. The van der Waals surface area contributed by atoms with Crippen LogP contribution in [0.4, 0.5) is 27.6 Å². The van der Waals surface area contributed by atoms with Gasteiger partial charge < -0.3 is 19.9 Å². The molecule has 14 heteroatoms. The van der Waals surface area contributed by atoms with Crippen LogP contribution in [0.3, 0.4) is 0 Å². The van der Waals surface area contributed by atoms with Gasteiger partial charge in [0.1, 0.15) is 10.6 Å². The minimum Gasteiger partial charge on any atom is -0.392 e. The first-order chi connectivity index (χ1) is 20.6. The zero-order valence-corrected chi connectivity index (χ0v) is 24.2. The number of nitrogens with zero attached hydrogens (tertiary/aromatic N) is 2. The molecule has 2 N–H and O–H groups in total. The summed E-state index contributed by atoms with van der Waals surface area (Å²) in [6.07, 6.45) is -1.74. The van der Waals surface area contributed by atoms with Crippen molar-refractivity contribution in [1.82, 2.24) is 10.2 Å². The van der Waals surface area contributed by atoms with Crippen LogP contribution in [0.25, 0.3) is 0 Å². The molecule has 2 heterocycles. The number of amides is 1. The lowest BCUT2D eigenvalue weighted by Gasteiger charge is -2.41. The Balaban J connectivity index is 1.41. The van der Waals surface area contributed by atoms with Crippen LogP contribution in [0, 0.1) is 41.9 Å². The van der Waals surface area contributed by atoms with Crippen LogP contribution in [-0.4, -0.2) is 33.1 Å². The lowest BCUT2D eigenvalue weighted by atomic mass is 9.91. The molecule has 1 amide bonds. The van der Waals surface area contributed by atoms with Gasteiger partial charge in [0.2, 0.25) is 5.82 Å². The van der Waals surface area contributed by atoms with E-state index in [2.05, 4.69) is 15.5 Å².